The number of carbonyl (C=O) groups excluding carboxylic acids is 1. The van der Waals surface area contributed by atoms with Gasteiger partial charge in [0.25, 0.3) is 5.91 Å². The van der Waals surface area contributed by atoms with Crippen molar-refractivity contribution in [1.29, 1.82) is 0 Å². The first-order valence-corrected chi connectivity index (χ1v) is 7.96. The van der Waals surface area contributed by atoms with Gasteiger partial charge in [0.2, 0.25) is 0 Å². The van der Waals surface area contributed by atoms with Crippen LogP contribution in [-0.4, -0.2) is 41.5 Å². The largest absolute Gasteiger partial charge is 0.419 e. The molecule has 1 aromatic heterocycles. The van der Waals surface area contributed by atoms with E-state index < -0.39 is 22.7 Å². The van der Waals surface area contributed by atoms with Gasteiger partial charge in [-0.2, -0.15) is 13.2 Å². The Bertz CT molecular complexity index is 586. The Morgan fingerprint density at radius 3 is 2.65 bits per heavy atom. The van der Waals surface area contributed by atoms with E-state index in [2.05, 4.69) is 15.2 Å². The summed E-state index contributed by atoms with van der Waals surface area (Å²) < 4.78 is 38.0. The standard InChI is InChI=1S/C15H17ClF3N3O/c16-12-6-13(20-7-11(12)15(17,18)19)14(23)21-10-5-9-1-3-22(8-10)4-2-9/h6-7,9-10H,1-5,8H2,(H,21,23)/t10-/m1/s1. The molecular formula is C15H17ClF3N3O. The highest BCUT2D eigenvalue weighted by Gasteiger charge is 2.34. The fourth-order valence-electron chi connectivity index (χ4n) is 3.32. The van der Waals surface area contributed by atoms with E-state index >= 15 is 0 Å². The van der Waals surface area contributed by atoms with Crippen LogP contribution in [0.2, 0.25) is 5.02 Å². The molecule has 4 nitrogen and oxygen atoms in total. The second-order valence-electron chi connectivity index (χ2n) is 6.20. The van der Waals surface area contributed by atoms with Crippen molar-refractivity contribution in [1.82, 2.24) is 15.2 Å². The van der Waals surface area contributed by atoms with Crippen LogP contribution in [0.4, 0.5) is 13.2 Å². The number of pyridine rings is 1. The van der Waals surface area contributed by atoms with E-state index in [0.29, 0.717) is 12.1 Å². The van der Waals surface area contributed by atoms with Crippen molar-refractivity contribution in [2.45, 2.75) is 31.5 Å². The van der Waals surface area contributed by atoms with Crippen LogP contribution in [-0.2, 0) is 6.18 Å². The minimum Gasteiger partial charge on any atom is -0.347 e. The molecule has 1 aromatic rings. The third-order valence-corrected chi connectivity index (χ3v) is 4.84. The van der Waals surface area contributed by atoms with E-state index in [1.54, 1.807) is 0 Å². The average molecular weight is 348 g/mol. The van der Waals surface area contributed by atoms with E-state index in [-0.39, 0.29) is 11.7 Å². The van der Waals surface area contributed by atoms with E-state index in [0.717, 1.165) is 45.0 Å². The normalized spacial score (nSPS) is 27.6. The van der Waals surface area contributed by atoms with Crippen LogP contribution in [0.15, 0.2) is 12.3 Å². The van der Waals surface area contributed by atoms with Crippen LogP contribution in [0, 0.1) is 5.92 Å². The van der Waals surface area contributed by atoms with Gasteiger partial charge in [-0.3, -0.25) is 9.78 Å². The van der Waals surface area contributed by atoms with E-state index in [1.165, 1.54) is 0 Å². The third-order valence-electron chi connectivity index (χ3n) is 4.53. The lowest BCUT2D eigenvalue weighted by molar-refractivity contribution is -0.137. The van der Waals surface area contributed by atoms with Gasteiger partial charge in [-0.15, -0.1) is 0 Å². The third kappa shape index (κ3) is 3.77. The predicted molar refractivity (Wildman–Crippen MR) is 79.3 cm³/mol. The molecule has 0 saturated carbocycles. The molecule has 1 atom stereocenters. The molecule has 1 N–H and O–H groups in total. The van der Waals surface area contributed by atoms with Gasteiger partial charge in [-0.25, -0.2) is 0 Å². The summed E-state index contributed by atoms with van der Waals surface area (Å²) in [6.45, 7) is 2.86. The first-order valence-electron chi connectivity index (χ1n) is 7.59. The van der Waals surface area contributed by atoms with Crippen LogP contribution >= 0.6 is 11.6 Å². The Hall–Kier alpha value is -1.34. The molecule has 4 heterocycles. The first-order chi connectivity index (χ1) is 10.8. The highest BCUT2D eigenvalue weighted by molar-refractivity contribution is 6.31. The number of amides is 1. The van der Waals surface area contributed by atoms with Crippen LogP contribution < -0.4 is 5.32 Å². The zero-order valence-electron chi connectivity index (χ0n) is 12.4. The fraction of sp³-hybridized carbons (Fsp3) is 0.600. The molecule has 3 fully saturated rings. The summed E-state index contributed by atoms with van der Waals surface area (Å²) in [4.78, 5) is 18.2. The molecule has 3 saturated heterocycles. The number of nitrogens with one attached hydrogen (secondary N) is 1. The summed E-state index contributed by atoms with van der Waals surface area (Å²) in [5.41, 5.74) is -1.12. The highest BCUT2D eigenvalue weighted by Crippen LogP contribution is 2.34. The molecule has 2 bridgehead atoms. The maximum atomic E-state index is 12.7. The number of fused-ring (bicyclic) bond motifs is 4. The average Bonchev–Trinajstić information content (AvgIpc) is 2.77. The Labute approximate surface area is 137 Å². The van der Waals surface area contributed by atoms with Gasteiger partial charge in [0, 0.05) is 18.8 Å². The molecule has 3 aliphatic rings. The molecule has 23 heavy (non-hydrogen) atoms. The highest BCUT2D eigenvalue weighted by atomic mass is 35.5. The summed E-state index contributed by atoms with van der Waals surface area (Å²) in [7, 11) is 0. The van der Waals surface area contributed by atoms with E-state index in [4.69, 9.17) is 11.6 Å². The summed E-state index contributed by atoms with van der Waals surface area (Å²) in [5, 5.41) is 2.37. The number of halogens is 4. The Kier molecular flexibility index (Phi) is 4.51. The second kappa shape index (κ2) is 6.28. The number of carbonyl (C=O) groups is 1. The van der Waals surface area contributed by atoms with Crippen molar-refractivity contribution in [3.63, 3.8) is 0 Å². The Balaban J connectivity index is 1.70. The van der Waals surface area contributed by atoms with Gasteiger partial charge >= 0.3 is 6.18 Å². The van der Waals surface area contributed by atoms with Crippen molar-refractivity contribution in [2.24, 2.45) is 5.92 Å². The number of piperidine rings is 1. The fourth-order valence-corrected chi connectivity index (χ4v) is 3.58. The van der Waals surface area contributed by atoms with Gasteiger partial charge in [-0.1, -0.05) is 11.6 Å². The summed E-state index contributed by atoms with van der Waals surface area (Å²) in [5.74, 6) is 0.122. The molecule has 0 unspecified atom stereocenters. The summed E-state index contributed by atoms with van der Waals surface area (Å²) in [6, 6.07) is 0.978. The number of hydrogen-bond donors (Lipinski definition) is 1. The zero-order valence-corrected chi connectivity index (χ0v) is 13.1. The lowest BCUT2D eigenvalue weighted by atomic mass is 9.94. The molecule has 0 aromatic carbocycles. The van der Waals surface area contributed by atoms with Crippen LogP contribution in [0.3, 0.4) is 0 Å². The van der Waals surface area contributed by atoms with E-state index in [1.807, 2.05) is 0 Å². The molecule has 0 aliphatic carbocycles. The molecule has 126 valence electrons. The molecular weight excluding hydrogens is 331 g/mol. The zero-order chi connectivity index (χ0) is 16.6. The molecule has 8 heteroatoms. The van der Waals surface area contributed by atoms with Crippen molar-refractivity contribution in [3.05, 3.63) is 28.5 Å². The maximum Gasteiger partial charge on any atom is 0.419 e. The van der Waals surface area contributed by atoms with Crippen LogP contribution in [0.1, 0.15) is 35.3 Å². The lowest BCUT2D eigenvalue weighted by Gasteiger charge is -2.26. The summed E-state index contributed by atoms with van der Waals surface area (Å²) >= 11 is 5.64. The molecule has 0 radical (unpaired) electrons. The molecule has 4 rings (SSSR count). The molecule has 3 aliphatic heterocycles. The second-order valence-corrected chi connectivity index (χ2v) is 6.60. The quantitative estimate of drug-likeness (QED) is 0.894. The number of alkyl halides is 3. The van der Waals surface area contributed by atoms with Crippen molar-refractivity contribution in [3.8, 4) is 0 Å². The minimum atomic E-state index is -4.58. The predicted octanol–water partition coefficient (Wildman–Crippen LogP) is 2.97. The van der Waals surface area contributed by atoms with Gasteiger partial charge in [0.05, 0.1) is 10.6 Å². The molecule has 1 amide bonds. The van der Waals surface area contributed by atoms with Crippen molar-refractivity contribution in [2.75, 3.05) is 19.6 Å². The molecule has 0 spiro atoms. The van der Waals surface area contributed by atoms with Crippen molar-refractivity contribution < 1.29 is 18.0 Å². The Morgan fingerprint density at radius 1 is 1.35 bits per heavy atom. The Morgan fingerprint density at radius 2 is 2.04 bits per heavy atom. The smallest absolute Gasteiger partial charge is 0.347 e. The van der Waals surface area contributed by atoms with E-state index in [9.17, 15) is 18.0 Å². The van der Waals surface area contributed by atoms with Crippen molar-refractivity contribution >= 4 is 17.5 Å². The number of aromatic nitrogens is 1. The first kappa shape index (κ1) is 16.5. The van der Waals surface area contributed by atoms with Gasteiger partial charge in [0.1, 0.15) is 5.69 Å². The number of hydrogen-bond acceptors (Lipinski definition) is 3. The number of rotatable bonds is 2. The van der Waals surface area contributed by atoms with Gasteiger partial charge < -0.3 is 10.2 Å². The topological polar surface area (TPSA) is 45.2 Å². The summed E-state index contributed by atoms with van der Waals surface area (Å²) in [6.07, 6.45) is -0.797. The minimum absolute atomic E-state index is 0.000341. The van der Waals surface area contributed by atoms with Crippen LogP contribution in [0.5, 0.6) is 0 Å². The van der Waals surface area contributed by atoms with Gasteiger partial charge in [-0.05, 0) is 44.3 Å². The van der Waals surface area contributed by atoms with Gasteiger partial charge in [0.15, 0.2) is 0 Å². The SMILES string of the molecule is O=C(N[C@@H]1CC2CCN(CC2)C1)c1cc(Cl)c(C(F)(F)F)cn1. The maximum absolute atomic E-state index is 12.7. The van der Waals surface area contributed by atoms with Crippen LogP contribution in [0.25, 0.3) is 0 Å². The lowest BCUT2D eigenvalue weighted by Crippen LogP contribution is -2.42. The number of nitrogens with zero attached hydrogens (tertiary/aromatic N) is 2. The monoisotopic (exact) mass is 347 g/mol.